The fraction of sp³-hybridized carbons (Fsp3) is 0.793. The van der Waals surface area contributed by atoms with Crippen LogP contribution in [-0.2, 0) is 33.4 Å². The Bertz CT molecular complexity index is 1010. The van der Waals surface area contributed by atoms with Gasteiger partial charge in [-0.25, -0.2) is 9.59 Å². The number of nitrogens with zero attached hydrogens (tertiary/aromatic N) is 1. The van der Waals surface area contributed by atoms with Crippen molar-refractivity contribution in [1.29, 1.82) is 0 Å². The number of ether oxygens (including phenoxy) is 2. The molecule has 4 atom stereocenters. The molecule has 42 heavy (non-hydrogen) atoms. The van der Waals surface area contributed by atoms with E-state index < -0.39 is 71.6 Å². The van der Waals surface area contributed by atoms with E-state index in [0.29, 0.717) is 19.4 Å². The van der Waals surface area contributed by atoms with Crippen LogP contribution in [0.4, 0.5) is 4.79 Å². The summed E-state index contributed by atoms with van der Waals surface area (Å²) in [5.41, 5.74) is -1.59. The molecule has 2 aliphatic rings. The first-order chi connectivity index (χ1) is 19.4. The van der Waals surface area contributed by atoms with Gasteiger partial charge < -0.3 is 35.4 Å². The molecule has 0 aromatic heterocycles. The van der Waals surface area contributed by atoms with Crippen LogP contribution in [0.5, 0.6) is 0 Å². The SMILES string of the molecule is CC(NC(=O)C1CCCN1C(=O)C(NC(=O)OC(C)(C)C)C1CCCCC1)C(=O)C(=O)NCC(O)C(=O)OC(C)(C)C. The van der Waals surface area contributed by atoms with Crippen molar-refractivity contribution in [2.75, 3.05) is 13.1 Å². The number of likely N-dealkylation sites (tertiary alicyclic amines) is 1. The van der Waals surface area contributed by atoms with E-state index in [-0.39, 0.29) is 11.8 Å². The minimum atomic E-state index is -1.67. The lowest BCUT2D eigenvalue weighted by atomic mass is 9.83. The predicted octanol–water partition coefficient (Wildman–Crippen LogP) is 1.34. The van der Waals surface area contributed by atoms with Crippen LogP contribution in [0, 0.1) is 5.92 Å². The van der Waals surface area contributed by atoms with Crippen LogP contribution in [0.15, 0.2) is 0 Å². The Morgan fingerprint density at radius 3 is 2.02 bits per heavy atom. The monoisotopic (exact) mass is 596 g/mol. The number of hydrogen-bond donors (Lipinski definition) is 4. The minimum Gasteiger partial charge on any atom is -0.458 e. The summed E-state index contributed by atoms with van der Waals surface area (Å²) in [6, 6.07) is -2.96. The maximum Gasteiger partial charge on any atom is 0.408 e. The normalized spacial score (nSPS) is 20.1. The third kappa shape index (κ3) is 10.9. The van der Waals surface area contributed by atoms with E-state index in [1.54, 1.807) is 41.5 Å². The second-order valence-corrected chi connectivity index (χ2v) is 13.1. The van der Waals surface area contributed by atoms with E-state index in [1.807, 2.05) is 0 Å². The van der Waals surface area contributed by atoms with Gasteiger partial charge in [0.1, 0.15) is 23.3 Å². The summed E-state index contributed by atoms with van der Waals surface area (Å²) >= 11 is 0. The Morgan fingerprint density at radius 1 is 0.857 bits per heavy atom. The molecule has 0 radical (unpaired) electrons. The summed E-state index contributed by atoms with van der Waals surface area (Å²) in [6.45, 7) is 11.2. The molecule has 0 aromatic carbocycles. The van der Waals surface area contributed by atoms with Gasteiger partial charge >= 0.3 is 12.1 Å². The number of Topliss-reactive ketones (excluding diaryl/α,β-unsaturated/α-hetero) is 1. The van der Waals surface area contributed by atoms with Gasteiger partial charge in [0.05, 0.1) is 12.6 Å². The van der Waals surface area contributed by atoms with E-state index in [9.17, 15) is 33.9 Å². The van der Waals surface area contributed by atoms with Crippen LogP contribution in [0.1, 0.15) is 93.4 Å². The van der Waals surface area contributed by atoms with Crippen molar-refractivity contribution >= 4 is 35.6 Å². The molecule has 0 spiro atoms. The molecule has 4 unspecified atom stereocenters. The van der Waals surface area contributed by atoms with Gasteiger partial charge in [0, 0.05) is 6.54 Å². The molecular weight excluding hydrogens is 548 g/mol. The molecular formula is C29H48N4O9. The predicted molar refractivity (Wildman–Crippen MR) is 152 cm³/mol. The van der Waals surface area contributed by atoms with E-state index in [1.165, 1.54) is 11.8 Å². The molecule has 13 heteroatoms. The lowest BCUT2D eigenvalue weighted by Crippen LogP contribution is -2.58. The molecule has 0 bridgehead atoms. The zero-order valence-corrected chi connectivity index (χ0v) is 25.9. The summed E-state index contributed by atoms with van der Waals surface area (Å²) in [7, 11) is 0. The van der Waals surface area contributed by atoms with Crippen molar-refractivity contribution in [3.8, 4) is 0 Å². The van der Waals surface area contributed by atoms with Crippen LogP contribution in [0.3, 0.4) is 0 Å². The zero-order chi connectivity index (χ0) is 31.8. The second kappa shape index (κ2) is 14.8. The Kier molecular flexibility index (Phi) is 12.3. The molecule has 0 aromatic rings. The molecule has 1 aliphatic carbocycles. The highest BCUT2D eigenvalue weighted by Crippen LogP contribution is 2.29. The Hall–Kier alpha value is -3.22. The molecule has 2 rings (SSSR count). The number of ketones is 1. The van der Waals surface area contributed by atoms with E-state index in [4.69, 9.17) is 9.47 Å². The van der Waals surface area contributed by atoms with E-state index in [0.717, 1.165) is 32.1 Å². The third-order valence-corrected chi connectivity index (χ3v) is 7.01. The average molecular weight is 597 g/mol. The number of aliphatic hydroxyl groups is 1. The molecule has 2 fully saturated rings. The van der Waals surface area contributed by atoms with Crippen LogP contribution in [0.2, 0.25) is 0 Å². The molecule has 1 saturated carbocycles. The average Bonchev–Trinajstić information content (AvgIpc) is 3.38. The Morgan fingerprint density at radius 2 is 1.45 bits per heavy atom. The van der Waals surface area contributed by atoms with Crippen molar-refractivity contribution in [3.05, 3.63) is 0 Å². The smallest absolute Gasteiger partial charge is 0.408 e. The maximum atomic E-state index is 13.8. The molecule has 1 saturated heterocycles. The first-order valence-electron chi connectivity index (χ1n) is 14.7. The number of carbonyl (C=O) groups excluding carboxylic acids is 6. The van der Waals surface area contributed by atoms with Crippen LogP contribution in [0.25, 0.3) is 0 Å². The molecule has 238 valence electrons. The lowest BCUT2D eigenvalue weighted by Gasteiger charge is -2.35. The van der Waals surface area contributed by atoms with Gasteiger partial charge in [-0.2, -0.15) is 0 Å². The molecule has 1 aliphatic heterocycles. The summed E-state index contributed by atoms with van der Waals surface area (Å²) in [4.78, 5) is 77.9. The first-order valence-corrected chi connectivity index (χ1v) is 14.7. The number of alkyl carbamates (subject to hydrolysis) is 1. The zero-order valence-electron chi connectivity index (χ0n) is 25.9. The van der Waals surface area contributed by atoms with Crippen molar-refractivity contribution in [2.45, 2.75) is 129 Å². The number of esters is 1. The molecule has 4 N–H and O–H groups in total. The first kappa shape index (κ1) is 35.0. The second-order valence-electron chi connectivity index (χ2n) is 13.1. The van der Waals surface area contributed by atoms with Crippen molar-refractivity contribution < 1.29 is 43.3 Å². The van der Waals surface area contributed by atoms with E-state index >= 15 is 0 Å². The maximum absolute atomic E-state index is 13.8. The Balaban J connectivity index is 2.02. The van der Waals surface area contributed by atoms with E-state index in [2.05, 4.69) is 16.0 Å². The van der Waals surface area contributed by atoms with Gasteiger partial charge in [0.25, 0.3) is 5.91 Å². The lowest BCUT2D eigenvalue weighted by molar-refractivity contribution is -0.164. The topological polar surface area (TPSA) is 180 Å². The Labute approximate surface area is 247 Å². The van der Waals surface area contributed by atoms with Gasteiger partial charge in [0.15, 0.2) is 6.10 Å². The number of aliphatic hydroxyl groups excluding tert-OH is 1. The van der Waals surface area contributed by atoms with Crippen LogP contribution >= 0.6 is 0 Å². The third-order valence-electron chi connectivity index (χ3n) is 7.01. The number of hydrogen-bond acceptors (Lipinski definition) is 9. The van der Waals surface area contributed by atoms with Crippen LogP contribution < -0.4 is 16.0 Å². The van der Waals surface area contributed by atoms with Gasteiger partial charge in [-0.15, -0.1) is 0 Å². The van der Waals surface area contributed by atoms with Crippen molar-refractivity contribution in [3.63, 3.8) is 0 Å². The summed E-state index contributed by atoms with van der Waals surface area (Å²) in [5.74, 6) is -4.09. The largest absolute Gasteiger partial charge is 0.458 e. The molecule has 13 nitrogen and oxygen atoms in total. The highest BCUT2D eigenvalue weighted by molar-refractivity contribution is 6.38. The minimum absolute atomic E-state index is 0.0942. The quantitative estimate of drug-likeness (QED) is 0.214. The van der Waals surface area contributed by atoms with Gasteiger partial charge in [-0.1, -0.05) is 19.3 Å². The van der Waals surface area contributed by atoms with Crippen molar-refractivity contribution in [2.24, 2.45) is 5.92 Å². The van der Waals surface area contributed by atoms with Gasteiger partial charge in [-0.05, 0) is 80.1 Å². The van der Waals surface area contributed by atoms with Gasteiger partial charge in [0.2, 0.25) is 17.6 Å². The number of carbonyl (C=O) groups is 6. The number of rotatable bonds is 10. The van der Waals surface area contributed by atoms with Crippen LogP contribution in [-0.4, -0.2) is 94.1 Å². The fourth-order valence-corrected chi connectivity index (χ4v) is 5.07. The highest BCUT2D eigenvalue weighted by atomic mass is 16.6. The molecule has 4 amide bonds. The van der Waals surface area contributed by atoms with Crippen molar-refractivity contribution in [1.82, 2.24) is 20.9 Å². The number of nitrogens with one attached hydrogen (secondary N) is 3. The number of amides is 4. The molecule has 1 heterocycles. The highest BCUT2D eigenvalue weighted by Gasteiger charge is 2.42. The summed E-state index contributed by atoms with van der Waals surface area (Å²) in [5, 5.41) is 17.4. The fourth-order valence-electron chi connectivity index (χ4n) is 5.07. The summed E-state index contributed by atoms with van der Waals surface area (Å²) < 4.78 is 10.4. The standard InChI is InChI=1S/C29H48N4O9/c1-17(22(35)24(37)30-16-20(34)26(39)41-28(2,3)4)31-23(36)19-14-11-15-33(19)25(38)21(18-12-9-8-10-13-18)32-27(40)42-29(5,6)7/h17-21,34H,8-16H2,1-7H3,(H,30,37)(H,31,36)(H,32,40). The van der Waals surface area contributed by atoms with Gasteiger partial charge in [-0.3, -0.25) is 19.2 Å². The summed E-state index contributed by atoms with van der Waals surface area (Å²) in [6.07, 6.45) is 2.99.